The second-order valence-electron chi connectivity index (χ2n) is 6.14. The van der Waals surface area contributed by atoms with Gasteiger partial charge in [-0.2, -0.15) is 0 Å². The standard InChI is InChI=1S/C14H21N3O3/c1-5-6-15-9-11-10-16(7-8-17(11)12(15)18)13(19)20-14(2,3)4/h1,11H,6-10H2,2-4H3/t11-/m1/s1. The molecule has 0 aromatic heterocycles. The first-order valence-corrected chi connectivity index (χ1v) is 6.79. The van der Waals surface area contributed by atoms with Gasteiger partial charge in [-0.15, -0.1) is 6.42 Å². The molecule has 0 aromatic carbocycles. The van der Waals surface area contributed by atoms with Crippen molar-refractivity contribution in [3.63, 3.8) is 0 Å². The number of carbonyl (C=O) groups is 2. The van der Waals surface area contributed by atoms with Crippen molar-refractivity contribution in [1.29, 1.82) is 0 Å². The van der Waals surface area contributed by atoms with Crippen molar-refractivity contribution in [1.82, 2.24) is 14.7 Å². The van der Waals surface area contributed by atoms with Crippen molar-refractivity contribution >= 4 is 12.1 Å². The number of hydrogen-bond donors (Lipinski definition) is 0. The van der Waals surface area contributed by atoms with Crippen LogP contribution in [-0.2, 0) is 4.74 Å². The van der Waals surface area contributed by atoms with Crippen molar-refractivity contribution < 1.29 is 14.3 Å². The first-order chi connectivity index (χ1) is 9.31. The van der Waals surface area contributed by atoms with E-state index in [0.29, 0.717) is 32.7 Å². The lowest BCUT2D eigenvalue weighted by atomic mass is 10.2. The number of nitrogens with zero attached hydrogens (tertiary/aromatic N) is 3. The van der Waals surface area contributed by atoms with E-state index in [4.69, 9.17) is 11.2 Å². The molecule has 0 spiro atoms. The summed E-state index contributed by atoms with van der Waals surface area (Å²) in [5, 5.41) is 0. The molecule has 3 amide bonds. The van der Waals surface area contributed by atoms with Gasteiger partial charge in [-0.1, -0.05) is 5.92 Å². The fraction of sp³-hybridized carbons (Fsp3) is 0.714. The Kier molecular flexibility index (Phi) is 3.80. The summed E-state index contributed by atoms with van der Waals surface area (Å²) in [6.45, 7) is 7.95. The highest BCUT2D eigenvalue weighted by Crippen LogP contribution is 2.21. The first kappa shape index (κ1) is 14.5. The lowest BCUT2D eigenvalue weighted by Crippen LogP contribution is -2.54. The summed E-state index contributed by atoms with van der Waals surface area (Å²) < 4.78 is 5.36. The monoisotopic (exact) mass is 279 g/mol. The molecule has 110 valence electrons. The predicted octanol–water partition coefficient (Wildman–Crippen LogP) is 0.976. The highest BCUT2D eigenvalue weighted by molar-refractivity contribution is 5.78. The summed E-state index contributed by atoms with van der Waals surface area (Å²) in [6, 6.07) is -0.0195. The summed E-state index contributed by atoms with van der Waals surface area (Å²) in [7, 11) is 0. The van der Waals surface area contributed by atoms with Crippen LogP contribution in [0.1, 0.15) is 20.8 Å². The SMILES string of the molecule is C#CCN1C[C@@H]2CN(C(=O)OC(C)(C)C)CCN2C1=O. The quantitative estimate of drug-likeness (QED) is 0.672. The first-order valence-electron chi connectivity index (χ1n) is 6.79. The second-order valence-corrected chi connectivity index (χ2v) is 6.14. The lowest BCUT2D eigenvalue weighted by Gasteiger charge is -2.37. The van der Waals surface area contributed by atoms with Crippen molar-refractivity contribution in [2.45, 2.75) is 32.4 Å². The number of carbonyl (C=O) groups excluding carboxylic acids is 2. The molecule has 6 nitrogen and oxygen atoms in total. The second kappa shape index (κ2) is 5.23. The molecule has 2 fully saturated rings. The molecule has 0 aliphatic carbocycles. The number of amides is 3. The molecule has 0 aromatic rings. The fourth-order valence-electron chi connectivity index (χ4n) is 2.51. The van der Waals surface area contributed by atoms with E-state index in [1.165, 1.54) is 0 Å². The third-order valence-electron chi connectivity index (χ3n) is 3.36. The lowest BCUT2D eigenvalue weighted by molar-refractivity contribution is 0.0128. The van der Waals surface area contributed by atoms with Crippen molar-refractivity contribution in [3.8, 4) is 12.3 Å². The van der Waals surface area contributed by atoms with Gasteiger partial charge in [0, 0.05) is 26.2 Å². The number of terminal acetylenes is 1. The van der Waals surface area contributed by atoms with E-state index < -0.39 is 5.60 Å². The number of fused-ring (bicyclic) bond motifs is 1. The summed E-state index contributed by atoms with van der Waals surface area (Å²) in [5.74, 6) is 2.49. The van der Waals surface area contributed by atoms with Crippen molar-refractivity contribution in [2.75, 3.05) is 32.7 Å². The maximum atomic E-state index is 12.1. The van der Waals surface area contributed by atoms with Crippen LogP contribution >= 0.6 is 0 Å². The van der Waals surface area contributed by atoms with Crippen LogP contribution < -0.4 is 0 Å². The van der Waals surface area contributed by atoms with Gasteiger partial charge in [0.25, 0.3) is 0 Å². The normalized spacial score (nSPS) is 22.6. The van der Waals surface area contributed by atoms with E-state index in [1.54, 1.807) is 14.7 Å². The largest absolute Gasteiger partial charge is 0.444 e. The topological polar surface area (TPSA) is 53.1 Å². The Balaban J connectivity index is 1.97. The van der Waals surface area contributed by atoms with Gasteiger partial charge in [-0.05, 0) is 20.8 Å². The van der Waals surface area contributed by atoms with Gasteiger partial charge in [0.05, 0.1) is 12.6 Å². The zero-order valence-corrected chi connectivity index (χ0v) is 12.3. The molecule has 2 saturated heterocycles. The van der Waals surface area contributed by atoms with E-state index >= 15 is 0 Å². The number of rotatable bonds is 1. The molecule has 0 N–H and O–H groups in total. The smallest absolute Gasteiger partial charge is 0.410 e. The highest BCUT2D eigenvalue weighted by atomic mass is 16.6. The highest BCUT2D eigenvalue weighted by Gasteiger charge is 2.41. The van der Waals surface area contributed by atoms with Crippen molar-refractivity contribution in [3.05, 3.63) is 0 Å². The zero-order valence-electron chi connectivity index (χ0n) is 12.3. The van der Waals surface area contributed by atoms with Crippen LogP contribution in [0, 0.1) is 12.3 Å². The minimum atomic E-state index is -0.505. The number of urea groups is 1. The number of hydrogen-bond acceptors (Lipinski definition) is 3. The van der Waals surface area contributed by atoms with Gasteiger partial charge >= 0.3 is 12.1 Å². The van der Waals surface area contributed by atoms with Crippen LogP contribution in [-0.4, -0.2) is 71.2 Å². The molecule has 0 bridgehead atoms. The average Bonchev–Trinajstić information content (AvgIpc) is 2.64. The molecule has 2 aliphatic heterocycles. The molecule has 2 heterocycles. The van der Waals surface area contributed by atoms with Crippen LogP contribution in [0.4, 0.5) is 9.59 Å². The van der Waals surface area contributed by atoms with Gasteiger partial charge < -0.3 is 19.4 Å². The van der Waals surface area contributed by atoms with Gasteiger partial charge in [0.1, 0.15) is 5.60 Å². The summed E-state index contributed by atoms with van der Waals surface area (Å²) in [4.78, 5) is 29.2. The Labute approximate surface area is 119 Å². The van der Waals surface area contributed by atoms with Crippen LogP contribution in [0.3, 0.4) is 0 Å². The van der Waals surface area contributed by atoms with E-state index in [1.807, 2.05) is 20.8 Å². The summed E-state index contributed by atoms with van der Waals surface area (Å²) >= 11 is 0. The van der Waals surface area contributed by atoms with E-state index in [0.717, 1.165) is 0 Å². The van der Waals surface area contributed by atoms with Crippen LogP contribution in [0.25, 0.3) is 0 Å². The third kappa shape index (κ3) is 2.98. The van der Waals surface area contributed by atoms with Gasteiger partial charge in [0.2, 0.25) is 0 Å². The summed E-state index contributed by atoms with van der Waals surface area (Å²) in [6.07, 6.45) is 4.94. The minimum absolute atomic E-state index is 0.0112. The average molecular weight is 279 g/mol. The molecule has 1 atom stereocenters. The molecule has 0 unspecified atom stereocenters. The molecule has 2 aliphatic rings. The number of piperazine rings is 1. The molecule has 0 radical (unpaired) electrons. The molecule has 0 saturated carbocycles. The number of ether oxygens (including phenoxy) is 1. The summed E-state index contributed by atoms with van der Waals surface area (Å²) in [5.41, 5.74) is -0.505. The van der Waals surface area contributed by atoms with Gasteiger partial charge in [0.15, 0.2) is 0 Å². The van der Waals surface area contributed by atoms with Crippen LogP contribution in [0.5, 0.6) is 0 Å². The van der Waals surface area contributed by atoms with Crippen molar-refractivity contribution in [2.24, 2.45) is 0 Å². The maximum absolute atomic E-state index is 12.1. The maximum Gasteiger partial charge on any atom is 0.410 e. The predicted molar refractivity (Wildman–Crippen MR) is 74.1 cm³/mol. The Hall–Kier alpha value is -1.90. The van der Waals surface area contributed by atoms with Gasteiger partial charge in [-0.25, -0.2) is 9.59 Å². The third-order valence-corrected chi connectivity index (χ3v) is 3.36. The zero-order chi connectivity index (χ0) is 14.9. The van der Waals surface area contributed by atoms with E-state index in [9.17, 15) is 9.59 Å². The molecule has 20 heavy (non-hydrogen) atoms. The molecule has 2 rings (SSSR count). The Morgan fingerprint density at radius 3 is 2.70 bits per heavy atom. The molecule has 6 heteroatoms. The molecular formula is C14H21N3O3. The Bertz CT molecular complexity index is 450. The van der Waals surface area contributed by atoms with E-state index in [-0.39, 0.29) is 18.2 Å². The molecular weight excluding hydrogens is 258 g/mol. The fourth-order valence-corrected chi connectivity index (χ4v) is 2.51. The van der Waals surface area contributed by atoms with Crippen LogP contribution in [0.2, 0.25) is 0 Å². The Morgan fingerprint density at radius 1 is 1.40 bits per heavy atom. The minimum Gasteiger partial charge on any atom is -0.444 e. The Morgan fingerprint density at radius 2 is 2.10 bits per heavy atom. The van der Waals surface area contributed by atoms with E-state index in [2.05, 4.69) is 5.92 Å². The van der Waals surface area contributed by atoms with Gasteiger partial charge in [-0.3, -0.25) is 0 Å². The van der Waals surface area contributed by atoms with Crippen LogP contribution in [0.15, 0.2) is 0 Å².